The Morgan fingerprint density at radius 1 is 1.53 bits per heavy atom. The Labute approximate surface area is 101 Å². The molecule has 1 aromatic rings. The van der Waals surface area contributed by atoms with Gasteiger partial charge in [0.2, 0.25) is 0 Å². The molecule has 0 radical (unpaired) electrons. The van der Waals surface area contributed by atoms with E-state index in [1.807, 2.05) is 25.1 Å². The number of rotatable bonds is 6. The van der Waals surface area contributed by atoms with Crippen LogP contribution < -0.4 is 4.74 Å². The lowest BCUT2D eigenvalue weighted by Crippen LogP contribution is -2.01. The Morgan fingerprint density at radius 2 is 2.29 bits per heavy atom. The lowest BCUT2D eigenvalue weighted by molar-refractivity contribution is 0.164. The molecule has 1 N–H and O–H groups in total. The number of nitrogens with zero attached hydrogens (tertiary/aromatic N) is 3. The van der Waals surface area contributed by atoms with Gasteiger partial charge in [0.15, 0.2) is 0 Å². The van der Waals surface area contributed by atoms with E-state index in [9.17, 15) is 5.11 Å². The third-order valence-electron chi connectivity index (χ3n) is 2.63. The summed E-state index contributed by atoms with van der Waals surface area (Å²) in [5, 5.41) is 13.4. The zero-order chi connectivity index (χ0) is 12.7. The molecule has 0 saturated heterocycles. The highest BCUT2D eigenvalue weighted by molar-refractivity contribution is 5.35. The summed E-state index contributed by atoms with van der Waals surface area (Å²) in [5.41, 5.74) is 10.0. The van der Waals surface area contributed by atoms with Gasteiger partial charge in [-0.1, -0.05) is 11.2 Å². The number of azide groups is 1. The van der Waals surface area contributed by atoms with Gasteiger partial charge in [0, 0.05) is 11.5 Å². The van der Waals surface area contributed by atoms with E-state index in [1.54, 1.807) is 7.11 Å². The summed E-state index contributed by atoms with van der Waals surface area (Å²) in [6.45, 7) is 2.36. The van der Waals surface area contributed by atoms with E-state index in [2.05, 4.69) is 10.0 Å². The van der Waals surface area contributed by atoms with Crippen LogP contribution in [0.3, 0.4) is 0 Å². The maximum Gasteiger partial charge on any atom is 0.119 e. The van der Waals surface area contributed by atoms with Crippen molar-refractivity contribution in [2.75, 3.05) is 13.7 Å². The molecule has 5 nitrogen and oxygen atoms in total. The minimum absolute atomic E-state index is 0.419. The van der Waals surface area contributed by atoms with Gasteiger partial charge in [-0.25, -0.2) is 0 Å². The summed E-state index contributed by atoms with van der Waals surface area (Å²) in [6, 6.07) is 5.59. The van der Waals surface area contributed by atoms with Crippen molar-refractivity contribution in [1.29, 1.82) is 0 Å². The fraction of sp³-hybridized carbons (Fsp3) is 0.500. The van der Waals surface area contributed by atoms with Gasteiger partial charge in [0.05, 0.1) is 13.2 Å². The molecular weight excluding hydrogens is 218 g/mol. The predicted octanol–water partition coefficient (Wildman–Crippen LogP) is 3.13. The molecule has 0 aliphatic carbocycles. The molecule has 0 saturated carbocycles. The largest absolute Gasteiger partial charge is 0.497 e. The summed E-state index contributed by atoms with van der Waals surface area (Å²) in [4.78, 5) is 2.67. The van der Waals surface area contributed by atoms with Gasteiger partial charge in [0.25, 0.3) is 0 Å². The van der Waals surface area contributed by atoms with Gasteiger partial charge in [0.1, 0.15) is 5.75 Å². The molecule has 1 atom stereocenters. The number of ether oxygens (including phenoxy) is 1. The number of hydrogen-bond acceptors (Lipinski definition) is 3. The van der Waals surface area contributed by atoms with Crippen LogP contribution in [0.25, 0.3) is 10.4 Å². The van der Waals surface area contributed by atoms with Crippen LogP contribution in [0.5, 0.6) is 5.75 Å². The van der Waals surface area contributed by atoms with Crippen molar-refractivity contribution in [3.8, 4) is 5.75 Å². The van der Waals surface area contributed by atoms with E-state index in [0.717, 1.165) is 16.9 Å². The highest BCUT2D eigenvalue weighted by atomic mass is 16.5. The standard InChI is InChI=1S/C12H17N3O2/c1-9-8-10(17-2)5-6-11(9)12(16)4-3-7-14-15-13/h5-6,8,12,16H,3-4,7H2,1-2H3. The van der Waals surface area contributed by atoms with Crippen molar-refractivity contribution < 1.29 is 9.84 Å². The Morgan fingerprint density at radius 3 is 2.88 bits per heavy atom. The van der Waals surface area contributed by atoms with Crippen molar-refractivity contribution in [2.45, 2.75) is 25.9 Å². The highest BCUT2D eigenvalue weighted by Gasteiger charge is 2.10. The average molecular weight is 235 g/mol. The van der Waals surface area contributed by atoms with E-state index < -0.39 is 6.10 Å². The first kappa shape index (κ1) is 13.4. The maximum absolute atomic E-state index is 9.99. The second-order valence-electron chi connectivity index (χ2n) is 3.84. The molecule has 0 bridgehead atoms. The molecule has 0 aromatic heterocycles. The van der Waals surface area contributed by atoms with Crippen LogP contribution in [-0.2, 0) is 0 Å². The first-order valence-corrected chi connectivity index (χ1v) is 5.52. The number of hydrogen-bond donors (Lipinski definition) is 1. The van der Waals surface area contributed by atoms with Crippen LogP contribution in [0.2, 0.25) is 0 Å². The van der Waals surface area contributed by atoms with E-state index in [4.69, 9.17) is 10.3 Å². The van der Waals surface area contributed by atoms with E-state index in [-0.39, 0.29) is 0 Å². The molecule has 0 spiro atoms. The molecule has 0 aliphatic rings. The second-order valence-corrected chi connectivity index (χ2v) is 3.84. The molecule has 0 fully saturated rings. The zero-order valence-corrected chi connectivity index (χ0v) is 10.1. The lowest BCUT2D eigenvalue weighted by Gasteiger charge is -2.14. The van der Waals surface area contributed by atoms with Gasteiger partial charge in [-0.05, 0) is 48.6 Å². The van der Waals surface area contributed by atoms with E-state index in [1.165, 1.54) is 0 Å². The van der Waals surface area contributed by atoms with Crippen molar-refractivity contribution in [1.82, 2.24) is 0 Å². The van der Waals surface area contributed by atoms with Crippen LogP contribution in [-0.4, -0.2) is 18.8 Å². The zero-order valence-electron chi connectivity index (χ0n) is 10.1. The lowest BCUT2D eigenvalue weighted by atomic mass is 10.00. The van der Waals surface area contributed by atoms with Crippen molar-refractivity contribution in [3.05, 3.63) is 39.8 Å². The molecule has 0 amide bonds. The Balaban J connectivity index is 2.62. The summed E-state index contributed by atoms with van der Waals surface area (Å²) in [5.74, 6) is 0.785. The monoisotopic (exact) mass is 235 g/mol. The van der Waals surface area contributed by atoms with Crippen LogP contribution in [0.15, 0.2) is 23.3 Å². The average Bonchev–Trinajstić information content (AvgIpc) is 2.34. The minimum atomic E-state index is -0.519. The Kier molecular flexibility index (Phi) is 5.33. The Bertz CT molecular complexity index is 414. The number of methoxy groups -OCH3 is 1. The van der Waals surface area contributed by atoms with Crippen LogP contribution in [0.1, 0.15) is 30.1 Å². The summed E-state index contributed by atoms with van der Waals surface area (Å²) >= 11 is 0. The van der Waals surface area contributed by atoms with Crippen LogP contribution >= 0.6 is 0 Å². The van der Waals surface area contributed by atoms with Gasteiger partial charge >= 0.3 is 0 Å². The fourth-order valence-corrected chi connectivity index (χ4v) is 1.70. The smallest absolute Gasteiger partial charge is 0.119 e. The quantitative estimate of drug-likeness (QED) is 0.356. The molecule has 1 rings (SSSR count). The number of aliphatic hydroxyl groups is 1. The maximum atomic E-state index is 9.99. The number of aryl methyl sites for hydroxylation is 1. The van der Waals surface area contributed by atoms with Gasteiger partial charge in [-0.15, -0.1) is 0 Å². The molecule has 5 heteroatoms. The first-order valence-electron chi connectivity index (χ1n) is 5.52. The normalized spacial score (nSPS) is 11.7. The van der Waals surface area contributed by atoms with Gasteiger partial charge in [-0.3, -0.25) is 0 Å². The molecular formula is C12H17N3O2. The van der Waals surface area contributed by atoms with E-state index >= 15 is 0 Å². The first-order chi connectivity index (χ1) is 8.19. The summed E-state index contributed by atoms with van der Waals surface area (Å²) < 4.78 is 5.11. The van der Waals surface area contributed by atoms with Crippen molar-refractivity contribution >= 4 is 0 Å². The predicted molar refractivity (Wildman–Crippen MR) is 65.9 cm³/mol. The number of aliphatic hydroxyl groups excluding tert-OH is 1. The number of benzene rings is 1. The van der Waals surface area contributed by atoms with Crippen LogP contribution in [0.4, 0.5) is 0 Å². The van der Waals surface area contributed by atoms with Crippen LogP contribution in [0, 0.1) is 6.92 Å². The SMILES string of the molecule is COc1ccc(C(O)CCCN=[N+]=[N-])c(C)c1. The molecule has 0 aliphatic heterocycles. The molecule has 17 heavy (non-hydrogen) atoms. The Hall–Kier alpha value is -1.71. The fourth-order valence-electron chi connectivity index (χ4n) is 1.70. The second kappa shape index (κ2) is 6.78. The van der Waals surface area contributed by atoms with Crippen molar-refractivity contribution in [2.24, 2.45) is 5.11 Å². The van der Waals surface area contributed by atoms with Crippen molar-refractivity contribution in [3.63, 3.8) is 0 Å². The van der Waals surface area contributed by atoms with E-state index in [0.29, 0.717) is 19.4 Å². The summed E-state index contributed by atoms with van der Waals surface area (Å²) in [6.07, 6.45) is 0.748. The molecule has 92 valence electrons. The third-order valence-corrected chi connectivity index (χ3v) is 2.63. The summed E-state index contributed by atoms with van der Waals surface area (Å²) in [7, 11) is 1.62. The molecule has 0 heterocycles. The highest BCUT2D eigenvalue weighted by Crippen LogP contribution is 2.25. The molecule has 1 unspecified atom stereocenters. The minimum Gasteiger partial charge on any atom is -0.497 e. The third kappa shape index (κ3) is 3.98. The van der Waals surface area contributed by atoms with Gasteiger partial charge in [-0.2, -0.15) is 0 Å². The van der Waals surface area contributed by atoms with Gasteiger partial charge < -0.3 is 9.84 Å². The molecule has 1 aromatic carbocycles. The topological polar surface area (TPSA) is 78.2 Å².